The molecule has 14 heavy (non-hydrogen) atoms. The lowest BCUT2D eigenvalue weighted by Gasteiger charge is -2.33. The van der Waals surface area contributed by atoms with Crippen LogP contribution in [0.1, 0.15) is 38.5 Å². The zero-order chi connectivity index (χ0) is 10.3. The van der Waals surface area contributed by atoms with E-state index in [1.807, 2.05) is 0 Å². The van der Waals surface area contributed by atoms with E-state index in [2.05, 4.69) is 19.4 Å². The highest BCUT2D eigenvalue weighted by molar-refractivity contribution is 4.55. The number of piperidine rings is 2. The Morgan fingerprint density at radius 3 is 1.43 bits per heavy atom. The van der Waals surface area contributed by atoms with Gasteiger partial charge in [0, 0.05) is 0 Å². The van der Waals surface area contributed by atoms with Crippen molar-refractivity contribution in [3.63, 3.8) is 0 Å². The van der Waals surface area contributed by atoms with Crippen molar-refractivity contribution in [2.45, 2.75) is 38.5 Å². The molecule has 0 bridgehead atoms. The average Bonchev–Trinajstić information content (AvgIpc) is 2.21. The molecule has 0 saturated carbocycles. The van der Waals surface area contributed by atoms with Crippen LogP contribution in [0.4, 0.5) is 0 Å². The van der Waals surface area contributed by atoms with E-state index < -0.39 is 0 Å². The van der Waals surface area contributed by atoms with Crippen molar-refractivity contribution in [1.82, 2.24) is 5.32 Å². The highest BCUT2D eigenvalue weighted by Crippen LogP contribution is 2.12. The lowest BCUT2D eigenvalue weighted by molar-refractivity contribution is -0.894. The Kier molecular flexibility index (Phi) is 5.49. The summed E-state index contributed by atoms with van der Waals surface area (Å²) < 4.78 is 1.25. The summed E-state index contributed by atoms with van der Waals surface area (Å²) in [6, 6.07) is 0. The summed E-state index contributed by atoms with van der Waals surface area (Å²) >= 11 is 0. The largest absolute Gasteiger partial charge is 0.328 e. The minimum atomic E-state index is 1.25. The Morgan fingerprint density at radius 1 is 0.714 bits per heavy atom. The number of hydrogen-bond acceptors (Lipinski definition) is 1. The first-order valence-electron chi connectivity index (χ1n) is 6.23. The van der Waals surface area contributed by atoms with Gasteiger partial charge in [-0.1, -0.05) is 6.42 Å². The lowest BCUT2D eigenvalue weighted by Crippen LogP contribution is -2.43. The Hall–Kier alpha value is -0.0800. The molecule has 0 unspecified atom stereocenters. The maximum Gasteiger partial charge on any atom is 0.0782 e. The molecule has 84 valence electrons. The fourth-order valence-corrected chi connectivity index (χ4v) is 2.17. The van der Waals surface area contributed by atoms with Crippen molar-refractivity contribution >= 4 is 0 Å². The molecule has 0 aliphatic carbocycles. The highest BCUT2D eigenvalue weighted by Gasteiger charge is 2.17. The lowest BCUT2D eigenvalue weighted by atomic mass is 10.1. The third-order valence-electron chi connectivity index (χ3n) is 3.23. The highest BCUT2D eigenvalue weighted by atomic mass is 15.3. The second-order valence-electron chi connectivity index (χ2n) is 5.25. The summed E-state index contributed by atoms with van der Waals surface area (Å²) in [5.74, 6) is 0. The summed E-state index contributed by atoms with van der Waals surface area (Å²) in [5.41, 5.74) is 0. The minimum absolute atomic E-state index is 1.25. The molecule has 0 aromatic carbocycles. The zero-order valence-electron chi connectivity index (χ0n) is 10.0. The van der Waals surface area contributed by atoms with Crippen molar-refractivity contribution in [2.24, 2.45) is 0 Å². The molecule has 2 nitrogen and oxygen atoms in total. The molecular formula is C12H27N2+. The molecule has 2 aliphatic heterocycles. The first-order valence-corrected chi connectivity index (χ1v) is 6.23. The number of nitrogens with one attached hydrogen (secondary N) is 1. The normalized spacial score (nSPS) is 26.1. The average molecular weight is 199 g/mol. The molecular weight excluding hydrogens is 172 g/mol. The standard InChI is InChI=1S/C7H16N.C5H11N/c1-8(2)6-4-3-5-7-8;1-2-4-6-5-3-1/h3-7H2,1-2H3;6H,1-5H2/q+1;. The van der Waals surface area contributed by atoms with Gasteiger partial charge >= 0.3 is 0 Å². The first kappa shape index (κ1) is 12.0. The van der Waals surface area contributed by atoms with E-state index in [1.165, 1.54) is 69.2 Å². The summed E-state index contributed by atoms with van der Waals surface area (Å²) in [5, 5.41) is 3.28. The molecule has 0 atom stereocenters. The number of rotatable bonds is 0. The summed E-state index contributed by atoms with van der Waals surface area (Å²) in [6.07, 6.45) is 8.55. The Bertz CT molecular complexity index is 120. The molecule has 2 fully saturated rings. The number of quaternary nitrogens is 1. The maximum absolute atomic E-state index is 3.28. The molecule has 0 amide bonds. The van der Waals surface area contributed by atoms with Crippen molar-refractivity contribution in [3.8, 4) is 0 Å². The molecule has 2 heterocycles. The second-order valence-corrected chi connectivity index (χ2v) is 5.25. The topological polar surface area (TPSA) is 12.0 Å². The van der Waals surface area contributed by atoms with Gasteiger partial charge in [-0.3, -0.25) is 0 Å². The molecule has 2 saturated heterocycles. The van der Waals surface area contributed by atoms with E-state index in [0.717, 1.165) is 0 Å². The Morgan fingerprint density at radius 2 is 1.21 bits per heavy atom. The van der Waals surface area contributed by atoms with E-state index in [1.54, 1.807) is 0 Å². The van der Waals surface area contributed by atoms with E-state index in [4.69, 9.17) is 0 Å². The number of hydrogen-bond donors (Lipinski definition) is 1. The van der Waals surface area contributed by atoms with Crippen LogP contribution in [0.25, 0.3) is 0 Å². The predicted octanol–water partition coefficient (Wildman–Crippen LogP) is 2.01. The number of likely N-dealkylation sites (tertiary alicyclic amines) is 1. The SMILES string of the molecule is C1CCNCC1.C[N+]1(C)CCCCC1. The molecule has 2 aliphatic rings. The second kappa shape index (κ2) is 6.41. The van der Waals surface area contributed by atoms with Gasteiger partial charge in [0.25, 0.3) is 0 Å². The Balaban J connectivity index is 0.000000146. The first-order chi connectivity index (χ1) is 6.71. The Labute approximate surface area is 89.3 Å². The van der Waals surface area contributed by atoms with E-state index in [0.29, 0.717) is 0 Å². The molecule has 0 aromatic heterocycles. The summed E-state index contributed by atoms with van der Waals surface area (Å²) in [7, 11) is 4.64. The van der Waals surface area contributed by atoms with Gasteiger partial charge in [0.2, 0.25) is 0 Å². The van der Waals surface area contributed by atoms with Crippen LogP contribution in [-0.2, 0) is 0 Å². The van der Waals surface area contributed by atoms with Crippen LogP contribution in [0.2, 0.25) is 0 Å². The smallest absolute Gasteiger partial charge is 0.0782 e. The van der Waals surface area contributed by atoms with Gasteiger partial charge < -0.3 is 9.80 Å². The van der Waals surface area contributed by atoms with Crippen molar-refractivity contribution < 1.29 is 4.48 Å². The van der Waals surface area contributed by atoms with Gasteiger partial charge in [0.1, 0.15) is 0 Å². The molecule has 2 heteroatoms. The minimum Gasteiger partial charge on any atom is -0.328 e. The van der Waals surface area contributed by atoms with Crippen molar-refractivity contribution in [2.75, 3.05) is 40.3 Å². The van der Waals surface area contributed by atoms with Crippen LogP contribution in [0.5, 0.6) is 0 Å². The van der Waals surface area contributed by atoms with Crippen LogP contribution in [-0.4, -0.2) is 44.8 Å². The van der Waals surface area contributed by atoms with E-state index in [-0.39, 0.29) is 0 Å². The van der Waals surface area contributed by atoms with E-state index in [9.17, 15) is 0 Å². The van der Waals surface area contributed by atoms with Crippen molar-refractivity contribution in [3.05, 3.63) is 0 Å². The fourth-order valence-electron chi connectivity index (χ4n) is 2.17. The van der Waals surface area contributed by atoms with Gasteiger partial charge in [-0.25, -0.2) is 0 Å². The van der Waals surface area contributed by atoms with Gasteiger partial charge in [0.15, 0.2) is 0 Å². The zero-order valence-corrected chi connectivity index (χ0v) is 10.0. The molecule has 1 N–H and O–H groups in total. The molecule has 0 aromatic rings. The fraction of sp³-hybridized carbons (Fsp3) is 1.00. The van der Waals surface area contributed by atoms with Gasteiger partial charge in [-0.15, -0.1) is 0 Å². The van der Waals surface area contributed by atoms with Crippen molar-refractivity contribution in [1.29, 1.82) is 0 Å². The van der Waals surface area contributed by atoms with Crippen LogP contribution < -0.4 is 5.32 Å². The molecule has 0 spiro atoms. The third-order valence-corrected chi connectivity index (χ3v) is 3.23. The molecule has 0 radical (unpaired) electrons. The van der Waals surface area contributed by atoms with Crippen LogP contribution in [0.15, 0.2) is 0 Å². The summed E-state index contributed by atoms with van der Waals surface area (Å²) in [6.45, 7) is 5.28. The van der Waals surface area contributed by atoms with Gasteiger partial charge in [0.05, 0.1) is 27.2 Å². The predicted molar refractivity (Wildman–Crippen MR) is 62.4 cm³/mol. The third kappa shape index (κ3) is 5.61. The van der Waals surface area contributed by atoms with Gasteiger partial charge in [-0.05, 0) is 45.2 Å². The monoisotopic (exact) mass is 199 g/mol. The van der Waals surface area contributed by atoms with Crippen LogP contribution in [0, 0.1) is 0 Å². The number of nitrogens with zero attached hydrogens (tertiary/aromatic N) is 1. The van der Waals surface area contributed by atoms with E-state index >= 15 is 0 Å². The summed E-state index contributed by atoms with van der Waals surface area (Å²) in [4.78, 5) is 0. The van der Waals surface area contributed by atoms with Crippen LogP contribution >= 0.6 is 0 Å². The molecule has 2 rings (SSSR count). The van der Waals surface area contributed by atoms with Crippen LogP contribution in [0.3, 0.4) is 0 Å². The maximum atomic E-state index is 3.28. The van der Waals surface area contributed by atoms with Gasteiger partial charge in [-0.2, -0.15) is 0 Å². The quantitative estimate of drug-likeness (QED) is 0.589.